The molecule has 0 bridgehead atoms. The van der Waals surface area contributed by atoms with Crippen molar-refractivity contribution in [2.75, 3.05) is 5.73 Å². The summed E-state index contributed by atoms with van der Waals surface area (Å²) in [6, 6.07) is 2.96. The minimum absolute atomic E-state index is 0.135. The van der Waals surface area contributed by atoms with E-state index in [2.05, 4.69) is 4.98 Å². The molecule has 7 heteroatoms. The number of nitrogens with one attached hydrogen (secondary N) is 1. The van der Waals surface area contributed by atoms with Crippen molar-refractivity contribution in [2.45, 2.75) is 26.4 Å². The summed E-state index contributed by atoms with van der Waals surface area (Å²) in [6.07, 6.45) is 3.67. The van der Waals surface area contributed by atoms with E-state index < -0.39 is 5.69 Å². The topological polar surface area (TPSA) is 103 Å². The normalized spacial score (nSPS) is 10.7. The summed E-state index contributed by atoms with van der Waals surface area (Å²) >= 11 is 0. The maximum absolute atomic E-state index is 11.6. The summed E-state index contributed by atoms with van der Waals surface area (Å²) < 4.78 is 2.92. The number of aromatic amines is 1. The van der Waals surface area contributed by atoms with Gasteiger partial charge in [0, 0.05) is 42.8 Å². The van der Waals surface area contributed by atoms with Gasteiger partial charge < -0.3 is 14.9 Å². The molecular formula is C13H16N4O3. The fourth-order valence-corrected chi connectivity index (χ4v) is 1.92. The molecule has 20 heavy (non-hydrogen) atoms. The Morgan fingerprint density at radius 1 is 1.10 bits per heavy atom. The van der Waals surface area contributed by atoms with Crippen molar-refractivity contribution < 1.29 is 0 Å². The summed E-state index contributed by atoms with van der Waals surface area (Å²) in [6.45, 7) is 2.50. The number of hydrogen-bond donors (Lipinski definition) is 2. The first kappa shape index (κ1) is 13.9. The Bertz CT molecular complexity index is 785. The molecule has 0 saturated heterocycles. The molecule has 0 amide bonds. The molecule has 0 radical (unpaired) electrons. The third-order valence-electron chi connectivity index (χ3n) is 2.99. The minimum Gasteiger partial charge on any atom is -0.398 e. The van der Waals surface area contributed by atoms with Crippen molar-refractivity contribution >= 4 is 5.69 Å². The van der Waals surface area contributed by atoms with Crippen molar-refractivity contribution in [3.05, 3.63) is 61.3 Å². The van der Waals surface area contributed by atoms with E-state index in [9.17, 15) is 14.4 Å². The molecule has 2 heterocycles. The second-order valence-corrected chi connectivity index (χ2v) is 4.61. The van der Waals surface area contributed by atoms with Gasteiger partial charge in [-0.25, -0.2) is 4.79 Å². The van der Waals surface area contributed by atoms with Crippen LogP contribution in [-0.4, -0.2) is 14.1 Å². The number of anilines is 1. The molecule has 0 fully saturated rings. The molecule has 0 unspecified atom stereocenters. The van der Waals surface area contributed by atoms with Crippen LogP contribution in [0.15, 0.2) is 38.9 Å². The molecule has 0 aromatic carbocycles. The van der Waals surface area contributed by atoms with Gasteiger partial charge in [0.15, 0.2) is 0 Å². The van der Waals surface area contributed by atoms with Crippen LogP contribution in [0.25, 0.3) is 0 Å². The molecule has 106 valence electrons. The highest BCUT2D eigenvalue weighted by Gasteiger charge is 2.01. The van der Waals surface area contributed by atoms with Crippen molar-refractivity contribution in [3.8, 4) is 0 Å². The lowest BCUT2D eigenvalue weighted by Gasteiger charge is -2.08. The lowest BCUT2D eigenvalue weighted by atomic mass is 10.3. The second kappa shape index (κ2) is 5.60. The summed E-state index contributed by atoms with van der Waals surface area (Å²) in [5.41, 5.74) is 5.65. The molecule has 7 nitrogen and oxygen atoms in total. The van der Waals surface area contributed by atoms with E-state index in [1.54, 1.807) is 19.2 Å². The summed E-state index contributed by atoms with van der Waals surface area (Å²) in [5, 5.41) is 0. The minimum atomic E-state index is -0.444. The Morgan fingerprint density at radius 2 is 1.80 bits per heavy atom. The number of aromatic nitrogens is 3. The van der Waals surface area contributed by atoms with Gasteiger partial charge in [-0.3, -0.25) is 14.6 Å². The van der Waals surface area contributed by atoms with Crippen LogP contribution in [-0.2, 0) is 13.1 Å². The Hall–Kier alpha value is -2.57. The van der Waals surface area contributed by atoms with E-state index in [0.29, 0.717) is 30.8 Å². The van der Waals surface area contributed by atoms with Crippen LogP contribution < -0.4 is 22.5 Å². The van der Waals surface area contributed by atoms with E-state index in [-0.39, 0.29) is 11.1 Å². The van der Waals surface area contributed by atoms with Gasteiger partial charge in [0.2, 0.25) is 0 Å². The summed E-state index contributed by atoms with van der Waals surface area (Å²) in [4.78, 5) is 36.6. The molecule has 0 aliphatic carbocycles. The number of aryl methyl sites for hydroxylation is 3. The van der Waals surface area contributed by atoms with E-state index in [1.807, 2.05) is 0 Å². The number of rotatable bonds is 4. The van der Waals surface area contributed by atoms with E-state index in [1.165, 1.54) is 21.4 Å². The maximum Gasteiger partial charge on any atom is 0.328 e. The average molecular weight is 276 g/mol. The molecule has 2 rings (SSSR count). The van der Waals surface area contributed by atoms with Crippen LogP contribution in [0.1, 0.15) is 12.0 Å². The highest BCUT2D eigenvalue weighted by atomic mass is 16.2. The van der Waals surface area contributed by atoms with E-state index >= 15 is 0 Å². The zero-order valence-corrected chi connectivity index (χ0v) is 11.1. The molecule has 3 N–H and O–H groups in total. The van der Waals surface area contributed by atoms with Crippen LogP contribution in [0, 0.1) is 6.92 Å². The number of H-pyrrole nitrogens is 1. The van der Waals surface area contributed by atoms with E-state index in [0.717, 1.165) is 0 Å². The second-order valence-electron chi connectivity index (χ2n) is 4.61. The smallest absolute Gasteiger partial charge is 0.328 e. The standard InChI is InChI=1S/C13H16N4O3/c1-9-7-17(13(20)15-12(9)19)6-2-5-16-8-10(14)3-4-11(16)18/h3-4,7-8H,2,5-6,14H2,1H3,(H,15,19,20). The number of hydrogen-bond acceptors (Lipinski definition) is 4. The van der Waals surface area contributed by atoms with Crippen molar-refractivity contribution in [1.82, 2.24) is 14.1 Å². The quantitative estimate of drug-likeness (QED) is 0.798. The van der Waals surface area contributed by atoms with Crippen LogP contribution in [0.5, 0.6) is 0 Å². The van der Waals surface area contributed by atoms with Crippen LogP contribution in [0.4, 0.5) is 5.69 Å². The van der Waals surface area contributed by atoms with Crippen LogP contribution in [0.2, 0.25) is 0 Å². The van der Waals surface area contributed by atoms with Crippen LogP contribution >= 0.6 is 0 Å². The first-order valence-electron chi connectivity index (χ1n) is 6.24. The van der Waals surface area contributed by atoms with Crippen molar-refractivity contribution in [3.63, 3.8) is 0 Å². The fourth-order valence-electron chi connectivity index (χ4n) is 1.92. The van der Waals surface area contributed by atoms with Gasteiger partial charge in [-0.2, -0.15) is 0 Å². The Kier molecular flexibility index (Phi) is 3.88. The monoisotopic (exact) mass is 276 g/mol. The largest absolute Gasteiger partial charge is 0.398 e. The Labute approximate surface area is 114 Å². The Morgan fingerprint density at radius 3 is 2.55 bits per heavy atom. The number of pyridine rings is 1. The van der Waals surface area contributed by atoms with Gasteiger partial charge in [-0.1, -0.05) is 0 Å². The van der Waals surface area contributed by atoms with Gasteiger partial charge in [0.1, 0.15) is 0 Å². The molecule has 2 aromatic rings. The predicted molar refractivity (Wildman–Crippen MR) is 75.8 cm³/mol. The molecular weight excluding hydrogens is 260 g/mol. The van der Waals surface area contributed by atoms with Gasteiger partial charge >= 0.3 is 5.69 Å². The van der Waals surface area contributed by atoms with Gasteiger partial charge in [0.05, 0.1) is 0 Å². The molecule has 2 aromatic heterocycles. The predicted octanol–water partition coefficient (Wildman–Crippen LogP) is -0.321. The first-order chi connectivity index (χ1) is 9.47. The van der Waals surface area contributed by atoms with Crippen LogP contribution in [0.3, 0.4) is 0 Å². The average Bonchev–Trinajstić information content (AvgIpc) is 2.39. The summed E-state index contributed by atoms with van der Waals surface area (Å²) in [7, 11) is 0. The third kappa shape index (κ3) is 3.05. The molecule has 0 aliphatic rings. The molecule has 0 aliphatic heterocycles. The molecule has 0 saturated carbocycles. The van der Waals surface area contributed by atoms with E-state index in [4.69, 9.17) is 5.73 Å². The highest BCUT2D eigenvalue weighted by Crippen LogP contribution is 1.98. The lowest BCUT2D eigenvalue weighted by molar-refractivity contribution is 0.534. The van der Waals surface area contributed by atoms with Crippen molar-refractivity contribution in [2.24, 2.45) is 0 Å². The third-order valence-corrected chi connectivity index (χ3v) is 2.99. The zero-order valence-electron chi connectivity index (χ0n) is 11.1. The van der Waals surface area contributed by atoms with Crippen molar-refractivity contribution in [1.29, 1.82) is 0 Å². The zero-order chi connectivity index (χ0) is 14.7. The maximum atomic E-state index is 11.6. The summed E-state index contributed by atoms with van der Waals surface area (Å²) in [5.74, 6) is 0. The fraction of sp³-hybridized carbons (Fsp3) is 0.308. The highest BCUT2D eigenvalue weighted by molar-refractivity contribution is 5.33. The van der Waals surface area contributed by atoms with Gasteiger partial charge in [0.25, 0.3) is 11.1 Å². The molecule has 0 atom stereocenters. The van der Waals surface area contributed by atoms with Gasteiger partial charge in [-0.15, -0.1) is 0 Å². The number of nitrogens with two attached hydrogens (primary N) is 1. The lowest BCUT2D eigenvalue weighted by Crippen LogP contribution is -2.31. The first-order valence-corrected chi connectivity index (χ1v) is 6.24. The number of nitrogens with zero attached hydrogens (tertiary/aromatic N) is 2. The number of nitrogen functional groups attached to an aromatic ring is 1. The molecule has 0 spiro atoms. The van der Waals surface area contributed by atoms with Gasteiger partial charge in [-0.05, 0) is 19.4 Å². The Balaban J connectivity index is 2.09. The SMILES string of the molecule is Cc1cn(CCCn2cc(N)ccc2=O)c(=O)[nH]c1=O.